The van der Waals surface area contributed by atoms with Crippen molar-refractivity contribution in [1.29, 1.82) is 0 Å². The number of nitrogens with one attached hydrogen (secondary N) is 4. The third-order valence-corrected chi connectivity index (χ3v) is 9.60. The minimum Gasteiger partial charge on any atom is -0.444 e. The molecule has 0 aliphatic heterocycles. The third-order valence-electron chi connectivity index (χ3n) is 9.60. The first kappa shape index (κ1) is 37.3. The van der Waals surface area contributed by atoms with Crippen LogP contribution in [-0.4, -0.2) is 51.0 Å². The van der Waals surface area contributed by atoms with Gasteiger partial charge in [0.05, 0.1) is 12.6 Å². The highest BCUT2D eigenvalue weighted by atomic mass is 16.6. The number of amides is 3. The van der Waals surface area contributed by atoms with Gasteiger partial charge in [0.25, 0.3) is 5.91 Å². The molecule has 0 saturated heterocycles. The van der Waals surface area contributed by atoms with Crippen LogP contribution in [0, 0.1) is 0 Å². The Kier molecular flexibility index (Phi) is 11.9. The van der Waals surface area contributed by atoms with Gasteiger partial charge in [0.15, 0.2) is 0 Å². The first-order valence-electron chi connectivity index (χ1n) is 18.5. The molecular formula is C43H50N6O4. The Morgan fingerprint density at radius 2 is 1.68 bits per heavy atom. The van der Waals surface area contributed by atoms with Gasteiger partial charge in [0, 0.05) is 30.5 Å². The van der Waals surface area contributed by atoms with Gasteiger partial charge in [-0.05, 0) is 105 Å². The molecule has 0 fully saturated rings. The molecular weight excluding hydrogens is 665 g/mol. The number of ether oxygens (including phenoxy) is 1. The molecule has 3 atom stereocenters. The van der Waals surface area contributed by atoms with Crippen molar-refractivity contribution in [2.24, 2.45) is 0 Å². The number of benzene rings is 4. The predicted molar refractivity (Wildman–Crippen MR) is 207 cm³/mol. The topological polar surface area (TPSA) is 128 Å². The van der Waals surface area contributed by atoms with Crippen molar-refractivity contribution in [3.05, 3.63) is 137 Å². The molecule has 0 spiro atoms. The normalized spacial score (nSPS) is 15.0. The number of carbonyl (C=O) groups is 3. The van der Waals surface area contributed by atoms with Crippen LogP contribution in [0.5, 0.6) is 0 Å². The molecule has 4 N–H and O–H groups in total. The quantitative estimate of drug-likeness (QED) is 0.0881. The highest BCUT2D eigenvalue weighted by Gasteiger charge is 2.26. The van der Waals surface area contributed by atoms with Crippen LogP contribution in [0.25, 0.3) is 10.8 Å². The molecule has 3 amide bonds. The van der Waals surface area contributed by atoms with Crippen molar-refractivity contribution < 1.29 is 19.1 Å². The minimum absolute atomic E-state index is 0.229. The summed E-state index contributed by atoms with van der Waals surface area (Å²) in [7, 11) is 0. The molecule has 0 radical (unpaired) electrons. The SMILES string of the molecule is CC(NC(=O)[C@H](CCCNC1CCc2ccccc21)NC(=O)c1ccc(CN(Cc2ncc[nH]2)C(=O)OC(C)(C)C)cc1)c1cccc2ccccc12. The molecule has 276 valence electrons. The molecule has 10 nitrogen and oxygen atoms in total. The maximum absolute atomic E-state index is 13.9. The van der Waals surface area contributed by atoms with E-state index < -0.39 is 17.7 Å². The minimum atomic E-state index is -0.742. The Balaban J connectivity index is 1.12. The third kappa shape index (κ3) is 9.90. The summed E-state index contributed by atoms with van der Waals surface area (Å²) in [5, 5.41) is 12.1. The Morgan fingerprint density at radius 3 is 2.45 bits per heavy atom. The summed E-state index contributed by atoms with van der Waals surface area (Å²) in [5.74, 6) is 0.0634. The maximum atomic E-state index is 13.9. The standard InChI is InChI=1S/C43H50N6O4/c1-29(34-16-9-13-31-11-5-7-14-35(31)34)47-41(51)38(17-10-24-44-37-23-22-32-12-6-8-15-36(32)37)48-40(50)33-20-18-30(19-21-33)27-49(28-39-45-25-26-46-39)42(52)53-43(2,3)4/h5-9,11-16,18-21,25-26,29,37-38,44H,10,17,22-24,27-28H2,1-4H3,(H,45,46)(H,47,51)(H,48,50)/t29?,37?,38-/m0/s1. The number of aromatic amines is 1. The van der Waals surface area contributed by atoms with Crippen LogP contribution >= 0.6 is 0 Å². The average molecular weight is 715 g/mol. The average Bonchev–Trinajstić information content (AvgIpc) is 3.82. The zero-order valence-corrected chi connectivity index (χ0v) is 31.0. The van der Waals surface area contributed by atoms with Crippen molar-refractivity contribution in [2.75, 3.05) is 6.54 Å². The summed E-state index contributed by atoms with van der Waals surface area (Å²) in [6.07, 6.45) is 6.16. The van der Waals surface area contributed by atoms with Crippen molar-refractivity contribution >= 4 is 28.7 Å². The van der Waals surface area contributed by atoms with Gasteiger partial charge in [0.2, 0.25) is 5.91 Å². The molecule has 5 aromatic rings. The van der Waals surface area contributed by atoms with Gasteiger partial charge in [-0.1, -0.05) is 78.9 Å². The van der Waals surface area contributed by atoms with Gasteiger partial charge in [-0.2, -0.15) is 0 Å². The summed E-state index contributed by atoms with van der Waals surface area (Å²) in [6, 6.07) is 29.1. The lowest BCUT2D eigenvalue weighted by molar-refractivity contribution is -0.123. The van der Waals surface area contributed by atoms with E-state index in [0.29, 0.717) is 30.3 Å². The number of H-pyrrole nitrogens is 1. The molecule has 10 heteroatoms. The lowest BCUT2D eigenvalue weighted by Gasteiger charge is -2.27. The Morgan fingerprint density at radius 1 is 0.925 bits per heavy atom. The number of imidazole rings is 1. The van der Waals surface area contributed by atoms with Crippen molar-refractivity contribution in [2.45, 2.75) is 90.2 Å². The molecule has 0 saturated carbocycles. The van der Waals surface area contributed by atoms with E-state index in [1.165, 1.54) is 11.1 Å². The molecule has 1 aliphatic rings. The summed E-state index contributed by atoms with van der Waals surface area (Å²) >= 11 is 0. The Bertz CT molecular complexity index is 2000. The molecule has 1 aliphatic carbocycles. The number of aromatic nitrogens is 2. The van der Waals surface area contributed by atoms with Crippen LogP contribution in [0.4, 0.5) is 4.79 Å². The van der Waals surface area contributed by atoms with E-state index in [2.05, 4.69) is 68.4 Å². The number of hydrogen-bond donors (Lipinski definition) is 4. The van der Waals surface area contributed by atoms with Crippen LogP contribution < -0.4 is 16.0 Å². The number of hydrogen-bond acceptors (Lipinski definition) is 6. The summed E-state index contributed by atoms with van der Waals surface area (Å²) in [6.45, 7) is 8.67. The highest BCUT2D eigenvalue weighted by molar-refractivity contribution is 5.97. The van der Waals surface area contributed by atoms with Gasteiger partial charge < -0.3 is 25.7 Å². The Hall–Kier alpha value is -5.48. The molecule has 53 heavy (non-hydrogen) atoms. The van der Waals surface area contributed by atoms with Crippen LogP contribution in [0.15, 0.2) is 103 Å². The number of aryl methyl sites for hydroxylation is 1. The summed E-state index contributed by atoms with van der Waals surface area (Å²) < 4.78 is 5.65. The number of carbonyl (C=O) groups excluding carboxylic acids is 3. The number of rotatable bonds is 14. The summed E-state index contributed by atoms with van der Waals surface area (Å²) in [4.78, 5) is 49.5. The highest BCUT2D eigenvalue weighted by Crippen LogP contribution is 2.30. The second-order valence-corrected chi connectivity index (χ2v) is 14.8. The lowest BCUT2D eigenvalue weighted by Crippen LogP contribution is -2.47. The van der Waals surface area contributed by atoms with Gasteiger partial charge in [-0.3, -0.25) is 14.5 Å². The zero-order valence-electron chi connectivity index (χ0n) is 31.0. The van der Waals surface area contributed by atoms with Gasteiger partial charge in [0.1, 0.15) is 17.5 Å². The molecule has 0 bridgehead atoms. The first-order valence-corrected chi connectivity index (χ1v) is 18.5. The van der Waals surface area contributed by atoms with Crippen LogP contribution in [-0.2, 0) is 29.0 Å². The fourth-order valence-corrected chi connectivity index (χ4v) is 6.94. The fourth-order valence-electron chi connectivity index (χ4n) is 6.94. The van der Waals surface area contributed by atoms with E-state index in [4.69, 9.17) is 4.74 Å². The number of fused-ring (bicyclic) bond motifs is 2. The molecule has 6 rings (SSSR count). The second-order valence-electron chi connectivity index (χ2n) is 14.8. The molecule has 4 aromatic carbocycles. The van der Waals surface area contributed by atoms with Crippen molar-refractivity contribution in [1.82, 2.24) is 30.8 Å². The van der Waals surface area contributed by atoms with Crippen molar-refractivity contribution in [3.63, 3.8) is 0 Å². The van der Waals surface area contributed by atoms with Crippen LogP contribution in [0.3, 0.4) is 0 Å². The van der Waals surface area contributed by atoms with Crippen LogP contribution in [0.1, 0.15) is 97.5 Å². The van der Waals surface area contributed by atoms with Gasteiger partial charge in [-0.25, -0.2) is 9.78 Å². The first-order chi connectivity index (χ1) is 25.5. The fraction of sp³-hybridized carbons (Fsp3) is 0.349. The van der Waals surface area contributed by atoms with E-state index >= 15 is 0 Å². The van der Waals surface area contributed by atoms with Crippen molar-refractivity contribution in [3.8, 4) is 0 Å². The Labute approximate surface area is 311 Å². The van der Waals surface area contributed by atoms with Crippen LogP contribution in [0.2, 0.25) is 0 Å². The second kappa shape index (κ2) is 16.9. The largest absolute Gasteiger partial charge is 0.444 e. The lowest BCUT2D eigenvalue weighted by atomic mass is 9.99. The predicted octanol–water partition coefficient (Wildman–Crippen LogP) is 7.53. The maximum Gasteiger partial charge on any atom is 0.410 e. The van der Waals surface area contributed by atoms with E-state index in [0.717, 1.165) is 41.3 Å². The number of nitrogens with zero attached hydrogens (tertiary/aromatic N) is 2. The summed E-state index contributed by atoms with van der Waals surface area (Å²) in [5.41, 5.74) is 4.33. The van der Waals surface area contributed by atoms with E-state index in [1.807, 2.05) is 64.1 Å². The van der Waals surface area contributed by atoms with E-state index in [-0.39, 0.29) is 30.9 Å². The molecule has 2 unspecified atom stereocenters. The van der Waals surface area contributed by atoms with Gasteiger partial charge in [-0.15, -0.1) is 0 Å². The van der Waals surface area contributed by atoms with Gasteiger partial charge >= 0.3 is 6.09 Å². The van der Waals surface area contributed by atoms with E-state index in [9.17, 15) is 14.4 Å². The zero-order chi connectivity index (χ0) is 37.4. The van der Waals surface area contributed by atoms with E-state index in [1.54, 1.807) is 29.4 Å². The monoisotopic (exact) mass is 714 g/mol. The smallest absolute Gasteiger partial charge is 0.410 e. The molecule has 1 heterocycles. The molecule has 1 aromatic heterocycles.